The van der Waals surface area contributed by atoms with E-state index in [0.29, 0.717) is 6.54 Å². The lowest BCUT2D eigenvalue weighted by Gasteiger charge is -1.98. The van der Waals surface area contributed by atoms with Gasteiger partial charge in [-0.05, 0) is 19.2 Å². The number of benzene rings is 1. The van der Waals surface area contributed by atoms with Crippen LogP contribution in [0.3, 0.4) is 0 Å². The van der Waals surface area contributed by atoms with Crippen LogP contribution >= 0.6 is 0 Å². The van der Waals surface area contributed by atoms with Gasteiger partial charge in [-0.15, -0.1) is 0 Å². The Hall–Kier alpha value is -1.85. The lowest BCUT2D eigenvalue weighted by atomic mass is 10.1. The normalized spacial score (nSPS) is 9.67. The van der Waals surface area contributed by atoms with Crippen LogP contribution in [-0.2, 0) is 0 Å². The molecule has 1 aromatic heterocycles. The van der Waals surface area contributed by atoms with Crippen LogP contribution in [0, 0.1) is 11.8 Å². The summed E-state index contributed by atoms with van der Waals surface area (Å²) < 4.78 is 0. The molecule has 0 saturated carbocycles. The van der Waals surface area contributed by atoms with Crippen molar-refractivity contribution < 1.29 is 0 Å². The Morgan fingerprint density at radius 1 is 1.27 bits per heavy atom. The van der Waals surface area contributed by atoms with E-state index in [4.69, 9.17) is 0 Å². The maximum absolute atomic E-state index is 4.29. The number of nitrogens with zero attached hydrogens (tertiary/aromatic N) is 1. The van der Waals surface area contributed by atoms with Gasteiger partial charge in [0, 0.05) is 17.1 Å². The van der Waals surface area contributed by atoms with E-state index >= 15 is 0 Å². The zero-order valence-corrected chi connectivity index (χ0v) is 8.62. The van der Waals surface area contributed by atoms with Gasteiger partial charge >= 0.3 is 0 Å². The predicted molar refractivity (Wildman–Crippen MR) is 62.5 cm³/mol. The molecule has 1 heterocycles. The topological polar surface area (TPSA) is 24.9 Å². The summed E-state index contributed by atoms with van der Waals surface area (Å²) in [6, 6.07) is 9.99. The molecule has 0 radical (unpaired) electrons. The van der Waals surface area contributed by atoms with Gasteiger partial charge in [0.05, 0.1) is 12.1 Å². The SMILES string of the molecule is CNCC#Cc1ccnc2ccccc12. The van der Waals surface area contributed by atoms with Gasteiger partial charge in [-0.2, -0.15) is 0 Å². The molecule has 0 aliphatic rings. The number of rotatable bonds is 1. The van der Waals surface area contributed by atoms with Gasteiger partial charge in [-0.25, -0.2) is 0 Å². The Kier molecular flexibility index (Phi) is 2.96. The lowest BCUT2D eigenvalue weighted by molar-refractivity contribution is 0.938. The van der Waals surface area contributed by atoms with Crippen molar-refractivity contribution in [3.05, 3.63) is 42.1 Å². The standard InChI is InChI=1S/C13H12N2/c1-14-9-4-5-11-8-10-15-13-7-3-2-6-12(11)13/h2-3,6-8,10,14H,9H2,1H3. The van der Waals surface area contributed by atoms with Crippen LogP contribution in [0.2, 0.25) is 0 Å². The molecule has 0 amide bonds. The van der Waals surface area contributed by atoms with Crippen LogP contribution in [0.4, 0.5) is 0 Å². The van der Waals surface area contributed by atoms with Crippen molar-refractivity contribution in [2.75, 3.05) is 13.6 Å². The zero-order chi connectivity index (χ0) is 10.5. The molecule has 0 bridgehead atoms. The smallest absolute Gasteiger partial charge is 0.0714 e. The highest BCUT2D eigenvalue weighted by Gasteiger charge is 1.96. The number of pyridine rings is 1. The molecule has 1 aromatic carbocycles. The molecule has 2 rings (SSSR count). The van der Waals surface area contributed by atoms with E-state index in [-0.39, 0.29) is 0 Å². The van der Waals surface area contributed by atoms with Gasteiger partial charge in [0.1, 0.15) is 0 Å². The van der Waals surface area contributed by atoms with E-state index in [2.05, 4.69) is 22.1 Å². The second kappa shape index (κ2) is 4.59. The molecule has 0 aliphatic carbocycles. The minimum Gasteiger partial charge on any atom is -0.309 e. The van der Waals surface area contributed by atoms with Crippen LogP contribution in [0.25, 0.3) is 10.9 Å². The molecule has 74 valence electrons. The first kappa shape index (κ1) is 9.70. The quantitative estimate of drug-likeness (QED) is 0.703. The van der Waals surface area contributed by atoms with Crippen LogP contribution < -0.4 is 5.32 Å². The molecular weight excluding hydrogens is 184 g/mol. The molecule has 1 N–H and O–H groups in total. The Morgan fingerprint density at radius 3 is 3.00 bits per heavy atom. The van der Waals surface area contributed by atoms with Gasteiger partial charge in [-0.1, -0.05) is 30.0 Å². The first-order valence-electron chi connectivity index (χ1n) is 4.89. The highest BCUT2D eigenvalue weighted by atomic mass is 14.8. The Labute approximate surface area is 89.3 Å². The summed E-state index contributed by atoms with van der Waals surface area (Å²) in [6.07, 6.45) is 1.80. The third kappa shape index (κ3) is 2.15. The monoisotopic (exact) mass is 196 g/mol. The van der Waals surface area contributed by atoms with Crippen molar-refractivity contribution in [2.24, 2.45) is 0 Å². The molecule has 2 heteroatoms. The van der Waals surface area contributed by atoms with Crippen LogP contribution in [-0.4, -0.2) is 18.6 Å². The van der Waals surface area contributed by atoms with E-state index < -0.39 is 0 Å². The summed E-state index contributed by atoms with van der Waals surface area (Å²) in [5, 5.41) is 4.11. The van der Waals surface area contributed by atoms with Crippen molar-refractivity contribution in [3.63, 3.8) is 0 Å². The van der Waals surface area contributed by atoms with Crippen LogP contribution in [0.5, 0.6) is 0 Å². The molecule has 2 nitrogen and oxygen atoms in total. The molecule has 15 heavy (non-hydrogen) atoms. The third-order valence-electron chi connectivity index (χ3n) is 2.14. The summed E-state index contributed by atoms with van der Waals surface area (Å²) in [6.45, 7) is 0.705. The fourth-order valence-electron chi connectivity index (χ4n) is 1.43. The Morgan fingerprint density at radius 2 is 2.13 bits per heavy atom. The largest absolute Gasteiger partial charge is 0.309 e. The van der Waals surface area contributed by atoms with E-state index in [1.165, 1.54) is 0 Å². The van der Waals surface area contributed by atoms with E-state index in [1.807, 2.05) is 37.4 Å². The van der Waals surface area contributed by atoms with Crippen LogP contribution in [0.1, 0.15) is 5.56 Å². The first-order valence-corrected chi connectivity index (χ1v) is 4.89. The van der Waals surface area contributed by atoms with Crippen molar-refractivity contribution in [2.45, 2.75) is 0 Å². The molecular formula is C13H12N2. The highest BCUT2D eigenvalue weighted by Crippen LogP contribution is 2.14. The summed E-state index contributed by atoms with van der Waals surface area (Å²) in [5.74, 6) is 6.19. The summed E-state index contributed by atoms with van der Waals surface area (Å²) in [4.78, 5) is 4.29. The number of hydrogen-bond donors (Lipinski definition) is 1. The molecule has 0 saturated heterocycles. The average Bonchev–Trinajstić information content (AvgIpc) is 2.30. The maximum atomic E-state index is 4.29. The third-order valence-corrected chi connectivity index (χ3v) is 2.14. The average molecular weight is 196 g/mol. The second-order valence-electron chi connectivity index (χ2n) is 3.21. The molecule has 0 fully saturated rings. The van der Waals surface area contributed by atoms with E-state index in [9.17, 15) is 0 Å². The van der Waals surface area contributed by atoms with Gasteiger partial charge in [0.2, 0.25) is 0 Å². The molecule has 0 spiro atoms. The van der Waals surface area contributed by atoms with Crippen molar-refractivity contribution >= 4 is 10.9 Å². The fourth-order valence-corrected chi connectivity index (χ4v) is 1.43. The van der Waals surface area contributed by atoms with Gasteiger partial charge in [0.15, 0.2) is 0 Å². The van der Waals surface area contributed by atoms with E-state index in [0.717, 1.165) is 16.5 Å². The van der Waals surface area contributed by atoms with Gasteiger partial charge in [0.25, 0.3) is 0 Å². The predicted octanol–water partition coefficient (Wildman–Crippen LogP) is 1.81. The van der Waals surface area contributed by atoms with E-state index in [1.54, 1.807) is 6.20 Å². The fraction of sp³-hybridized carbons (Fsp3) is 0.154. The van der Waals surface area contributed by atoms with Crippen molar-refractivity contribution in [1.29, 1.82) is 0 Å². The molecule has 0 atom stereocenters. The van der Waals surface area contributed by atoms with Crippen LogP contribution in [0.15, 0.2) is 36.5 Å². The molecule has 0 unspecified atom stereocenters. The summed E-state index contributed by atoms with van der Waals surface area (Å²) in [5.41, 5.74) is 2.03. The van der Waals surface area contributed by atoms with Gasteiger partial charge in [-0.3, -0.25) is 4.98 Å². The number of aromatic nitrogens is 1. The summed E-state index contributed by atoms with van der Waals surface area (Å²) >= 11 is 0. The Bertz CT molecular complexity index is 515. The minimum absolute atomic E-state index is 0.705. The second-order valence-corrected chi connectivity index (χ2v) is 3.21. The highest BCUT2D eigenvalue weighted by molar-refractivity contribution is 5.84. The van der Waals surface area contributed by atoms with Crippen molar-refractivity contribution in [1.82, 2.24) is 10.3 Å². The lowest BCUT2D eigenvalue weighted by Crippen LogP contribution is -2.04. The summed E-state index contributed by atoms with van der Waals surface area (Å²) in [7, 11) is 1.89. The molecule has 0 aliphatic heterocycles. The number of para-hydroxylation sites is 1. The minimum atomic E-state index is 0.705. The molecule has 2 aromatic rings. The number of fused-ring (bicyclic) bond motifs is 1. The first-order chi connectivity index (χ1) is 7.42. The maximum Gasteiger partial charge on any atom is 0.0714 e. The van der Waals surface area contributed by atoms with Crippen molar-refractivity contribution in [3.8, 4) is 11.8 Å². The Balaban J connectivity index is 2.48. The number of hydrogen-bond acceptors (Lipinski definition) is 2. The van der Waals surface area contributed by atoms with Gasteiger partial charge < -0.3 is 5.32 Å². The zero-order valence-electron chi connectivity index (χ0n) is 8.62. The number of nitrogens with one attached hydrogen (secondary N) is 1.